The number of thiazole rings is 1. The van der Waals surface area contributed by atoms with Crippen molar-refractivity contribution in [3.8, 4) is 0 Å². The second kappa shape index (κ2) is 6.64. The second-order valence-corrected chi connectivity index (χ2v) is 6.65. The lowest BCUT2D eigenvalue weighted by Gasteiger charge is -2.07. The SMILES string of the molecule is Cc1csc(=O)n1CC(=O)OCC(=O)c1ccc2c(c1)[C@H](C)C(=O)N2. The molecule has 2 aromatic rings. The van der Waals surface area contributed by atoms with Gasteiger partial charge in [0.15, 0.2) is 12.4 Å². The average molecular weight is 360 g/mol. The maximum Gasteiger partial charge on any atom is 0.326 e. The fourth-order valence-electron chi connectivity index (χ4n) is 2.59. The van der Waals surface area contributed by atoms with Gasteiger partial charge in [-0.2, -0.15) is 0 Å². The molecule has 7 nitrogen and oxygen atoms in total. The highest BCUT2D eigenvalue weighted by Gasteiger charge is 2.27. The number of fused-ring (bicyclic) bond motifs is 1. The zero-order chi connectivity index (χ0) is 18.1. The molecule has 2 heterocycles. The van der Waals surface area contributed by atoms with Gasteiger partial charge in [0.1, 0.15) is 6.54 Å². The number of amides is 1. The Hall–Kier alpha value is -2.74. The molecule has 1 N–H and O–H groups in total. The summed E-state index contributed by atoms with van der Waals surface area (Å²) in [6.45, 7) is 2.85. The van der Waals surface area contributed by atoms with E-state index in [2.05, 4.69) is 5.32 Å². The topological polar surface area (TPSA) is 94.5 Å². The number of hydrogen-bond acceptors (Lipinski definition) is 6. The van der Waals surface area contributed by atoms with Gasteiger partial charge in [0, 0.05) is 22.3 Å². The summed E-state index contributed by atoms with van der Waals surface area (Å²) >= 11 is 1.01. The molecule has 0 fully saturated rings. The number of ether oxygens (including phenoxy) is 1. The number of aryl methyl sites for hydroxylation is 1. The van der Waals surface area contributed by atoms with E-state index in [4.69, 9.17) is 4.74 Å². The Balaban J connectivity index is 1.63. The van der Waals surface area contributed by atoms with Crippen molar-refractivity contribution in [3.05, 3.63) is 50.1 Å². The third-order valence-corrected chi connectivity index (χ3v) is 5.00. The first-order valence-corrected chi connectivity index (χ1v) is 8.53. The molecule has 0 bridgehead atoms. The Morgan fingerprint density at radius 1 is 1.32 bits per heavy atom. The number of benzene rings is 1. The number of carbonyl (C=O) groups excluding carboxylic acids is 3. The summed E-state index contributed by atoms with van der Waals surface area (Å²) in [5.41, 5.74) is 2.49. The number of rotatable bonds is 5. The van der Waals surface area contributed by atoms with Crippen molar-refractivity contribution in [2.45, 2.75) is 26.3 Å². The lowest BCUT2D eigenvalue weighted by Crippen LogP contribution is -2.24. The van der Waals surface area contributed by atoms with E-state index in [-0.39, 0.29) is 29.0 Å². The highest BCUT2D eigenvalue weighted by Crippen LogP contribution is 2.32. The van der Waals surface area contributed by atoms with E-state index >= 15 is 0 Å². The van der Waals surface area contributed by atoms with Crippen LogP contribution < -0.4 is 10.2 Å². The van der Waals surface area contributed by atoms with E-state index in [1.54, 1.807) is 37.4 Å². The Morgan fingerprint density at radius 3 is 2.76 bits per heavy atom. The van der Waals surface area contributed by atoms with Crippen molar-refractivity contribution in [2.24, 2.45) is 0 Å². The number of esters is 1. The van der Waals surface area contributed by atoms with Gasteiger partial charge in [-0.25, -0.2) is 0 Å². The largest absolute Gasteiger partial charge is 0.456 e. The van der Waals surface area contributed by atoms with Crippen LogP contribution >= 0.6 is 11.3 Å². The molecular formula is C17H16N2O5S. The standard InChI is InChI=1S/C17H16N2O5S/c1-9-8-25-17(23)19(9)6-15(21)24-7-14(20)11-3-4-13-12(5-11)10(2)16(22)18-13/h3-5,8,10H,6-7H2,1-2H3,(H,18,22)/t10-/m0/s1. The first-order valence-electron chi connectivity index (χ1n) is 7.65. The molecule has 0 unspecified atom stereocenters. The number of Topliss-reactive ketones (excluding diaryl/α,β-unsaturated/α-hetero) is 1. The number of carbonyl (C=O) groups is 3. The molecule has 1 atom stereocenters. The van der Waals surface area contributed by atoms with E-state index in [0.29, 0.717) is 16.9 Å². The predicted molar refractivity (Wildman–Crippen MR) is 92.1 cm³/mol. The Bertz CT molecular complexity index is 927. The second-order valence-electron chi connectivity index (χ2n) is 5.83. The number of aromatic nitrogens is 1. The van der Waals surface area contributed by atoms with Gasteiger partial charge in [0.25, 0.3) is 0 Å². The summed E-state index contributed by atoms with van der Waals surface area (Å²) in [6, 6.07) is 4.89. The summed E-state index contributed by atoms with van der Waals surface area (Å²) in [7, 11) is 0. The molecule has 1 aliphatic rings. The smallest absolute Gasteiger partial charge is 0.326 e. The van der Waals surface area contributed by atoms with Crippen LogP contribution in [0.1, 0.15) is 34.5 Å². The van der Waals surface area contributed by atoms with E-state index in [0.717, 1.165) is 16.9 Å². The van der Waals surface area contributed by atoms with Gasteiger partial charge >= 0.3 is 10.8 Å². The number of nitrogens with one attached hydrogen (secondary N) is 1. The molecule has 25 heavy (non-hydrogen) atoms. The highest BCUT2D eigenvalue weighted by molar-refractivity contribution is 7.07. The number of hydrogen-bond donors (Lipinski definition) is 1. The molecular weight excluding hydrogens is 344 g/mol. The third kappa shape index (κ3) is 3.39. The van der Waals surface area contributed by atoms with Crippen LogP contribution in [0.15, 0.2) is 28.4 Å². The quantitative estimate of drug-likeness (QED) is 0.647. The Kier molecular flexibility index (Phi) is 4.54. The third-order valence-electron chi connectivity index (χ3n) is 4.12. The van der Waals surface area contributed by atoms with E-state index in [1.165, 1.54) is 4.57 Å². The molecule has 0 saturated carbocycles. The maximum absolute atomic E-state index is 12.2. The van der Waals surface area contributed by atoms with Gasteiger partial charge < -0.3 is 10.1 Å². The van der Waals surface area contributed by atoms with E-state index in [9.17, 15) is 19.2 Å². The van der Waals surface area contributed by atoms with Crippen LogP contribution in [0.5, 0.6) is 0 Å². The minimum Gasteiger partial charge on any atom is -0.456 e. The summed E-state index contributed by atoms with van der Waals surface area (Å²) in [5.74, 6) is -1.44. The molecule has 0 aliphatic carbocycles. The first-order chi connectivity index (χ1) is 11.9. The van der Waals surface area contributed by atoms with Gasteiger partial charge in [-0.05, 0) is 37.6 Å². The van der Waals surface area contributed by atoms with Crippen LogP contribution in [-0.2, 0) is 20.9 Å². The molecule has 0 saturated heterocycles. The average Bonchev–Trinajstić information content (AvgIpc) is 3.05. The van der Waals surface area contributed by atoms with Crippen LogP contribution in [0.4, 0.5) is 5.69 Å². The molecule has 1 aromatic heterocycles. The Labute approximate surface area is 147 Å². The van der Waals surface area contributed by atoms with Crippen LogP contribution in [0.2, 0.25) is 0 Å². The van der Waals surface area contributed by atoms with Gasteiger partial charge in [-0.3, -0.25) is 23.7 Å². The van der Waals surface area contributed by atoms with E-state index in [1.807, 2.05) is 0 Å². The molecule has 1 amide bonds. The Morgan fingerprint density at radius 2 is 2.08 bits per heavy atom. The molecule has 0 radical (unpaired) electrons. The molecule has 130 valence electrons. The minimum atomic E-state index is -0.650. The van der Waals surface area contributed by atoms with Crippen molar-refractivity contribution in [1.82, 2.24) is 4.57 Å². The molecule has 3 rings (SSSR count). The van der Waals surface area contributed by atoms with Crippen LogP contribution in [0, 0.1) is 6.92 Å². The van der Waals surface area contributed by atoms with Gasteiger partial charge in [0.2, 0.25) is 5.91 Å². The zero-order valence-corrected chi connectivity index (χ0v) is 14.5. The van der Waals surface area contributed by atoms with Crippen molar-refractivity contribution < 1.29 is 19.1 Å². The van der Waals surface area contributed by atoms with Gasteiger partial charge in [0.05, 0.1) is 5.92 Å². The minimum absolute atomic E-state index is 0.109. The summed E-state index contributed by atoms with van der Waals surface area (Å²) < 4.78 is 6.28. The molecule has 1 aromatic carbocycles. The van der Waals surface area contributed by atoms with Crippen molar-refractivity contribution in [3.63, 3.8) is 0 Å². The lowest BCUT2D eigenvalue weighted by atomic mass is 9.99. The summed E-state index contributed by atoms with van der Waals surface area (Å²) in [4.78, 5) is 47.0. The van der Waals surface area contributed by atoms with Crippen LogP contribution in [0.3, 0.4) is 0 Å². The summed E-state index contributed by atoms with van der Waals surface area (Å²) in [6.07, 6.45) is 0. The van der Waals surface area contributed by atoms with Crippen LogP contribution in [-0.4, -0.2) is 28.8 Å². The number of ketones is 1. The molecule has 0 spiro atoms. The van der Waals surface area contributed by atoms with Crippen molar-refractivity contribution in [1.29, 1.82) is 0 Å². The first kappa shape index (κ1) is 17.1. The van der Waals surface area contributed by atoms with Crippen molar-refractivity contribution >= 4 is 34.7 Å². The number of anilines is 1. The summed E-state index contributed by atoms with van der Waals surface area (Å²) in [5, 5.41) is 4.39. The van der Waals surface area contributed by atoms with Crippen LogP contribution in [0.25, 0.3) is 0 Å². The maximum atomic E-state index is 12.2. The van der Waals surface area contributed by atoms with Gasteiger partial charge in [-0.1, -0.05) is 11.3 Å². The fraction of sp³-hybridized carbons (Fsp3) is 0.294. The highest BCUT2D eigenvalue weighted by atomic mass is 32.1. The predicted octanol–water partition coefficient (Wildman–Crippen LogP) is 1.70. The number of nitrogens with zero attached hydrogens (tertiary/aromatic N) is 1. The monoisotopic (exact) mass is 360 g/mol. The van der Waals surface area contributed by atoms with Gasteiger partial charge in [-0.15, -0.1) is 0 Å². The molecule has 8 heteroatoms. The van der Waals surface area contributed by atoms with Crippen molar-refractivity contribution in [2.75, 3.05) is 11.9 Å². The fourth-order valence-corrected chi connectivity index (χ4v) is 3.33. The normalized spacial score (nSPS) is 15.6. The van der Waals surface area contributed by atoms with E-state index < -0.39 is 12.6 Å². The lowest BCUT2D eigenvalue weighted by molar-refractivity contribution is -0.143. The molecule has 1 aliphatic heterocycles. The zero-order valence-electron chi connectivity index (χ0n) is 13.7.